The van der Waals surface area contributed by atoms with Crippen LogP contribution in [0.3, 0.4) is 0 Å². The Kier molecular flexibility index (Phi) is 5.10. The smallest absolute Gasteiger partial charge is 0.257 e. The summed E-state index contributed by atoms with van der Waals surface area (Å²) in [5.74, 6) is 0.783. The van der Waals surface area contributed by atoms with E-state index in [9.17, 15) is 4.79 Å². The second-order valence-electron chi connectivity index (χ2n) is 7.36. The van der Waals surface area contributed by atoms with Crippen molar-refractivity contribution < 1.29 is 4.79 Å². The number of aromatic nitrogens is 3. The summed E-state index contributed by atoms with van der Waals surface area (Å²) in [7, 11) is 1.97. The quantitative estimate of drug-likeness (QED) is 0.685. The number of likely N-dealkylation sites (tertiary alicyclic amines) is 1. The van der Waals surface area contributed by atoms with Gasteiger partial charge in [0.05, 0.1) is 17.4 Å². The van der Waals surface area contributed by atoms with Crippen molar-refractivity contribution in [3.8, 4) is 5.69 Å². The molecule has 1 aromatic carbocycles. The highest BCUT2D eigenvalue weighted by Crippen LogP contribution is 2.22. The highest BCUT2D eigenvalue weighted by molar-refractivity contribution is 5.99. The molecule has 0 atom stereocenters. The van der Waals surface area contributed by atoms with Gasteiger partial charge in [-0.3, -0.25) is 4.79 Å². The van der Waals surface area contributed by atoms with Gasteiger partial charge >= 0.3 is 0 Å². The van der Waals surface area contributed by atoms with Gasteiger partial charge in [0.2, 0.25) is 0 Å². The van der Waals surface area contributed by atoms with E-state index in [0.29, 0.717) is 17.9 Å². The summed E-state index contributed by atoms with van der Waals surface area (Å²) in [6, 6.07) is 11.9. The standard InChI is InChI=1S/C22H25N5O/c1-17-7-5-8-19(13-17)27-16-18(14-24-27)15-25(2)21-20(9-6-10-23-21)22(28)26-11-3-4-12-26/h5-10,13-14,16H,3-4,11-12,15H2,1-2H3. The van der Waals surface area contributed by atoms with Crippen LogP contribution in [0.5, 0.6) is 0 Å². The van der Waals surface area contributed by atoms with Crippen molar-refractivity contribution in [3.63, 3.8) is 0 Å². The Balaban J connectivity index is 1.53. The van der Waals surface area contributed by atoms with E-state index < -0.39 is 0 Å². The minimum Gasteiger partial charge on any atom is -0.355 e. The van der Waals surface area contributed by atoms with Gasteiger partial charge in [0.25, 0.3) is 5.91 Å². The molecule has 28 heavy (non-hydrogen) atoms. The Morgan fingerprint density at radius 2 is 2.00 bits per heavy atom. The van der Waals surface area contributed by atoms with Crippen molar-refractivity contribution >= 4 is 11.7 Å². The minimum atomic E-state index is 0.0721. The highest BCUT2D eigenvalue weighted by Gasteiger charge is 2.23. The zero-order valence-electron chi connectivity index (χ0n) is 16.4. The monoisotopic (exact) mass is 375 g/mol. The Bertz CT molecular complexity index is 974. The van der Waals surface area contributed by atoms with E-state index in [0.717, 1.165) is 37.2 Å². The number of rotatable bonds is 5. The lowest BCUT2D eigenvalue weighted by atomic mass is 10.2. The zero-order chi connectivity index (χ0) is 19.5. The van der Waals surface area contributed by atoms with Crippen molar-refractivity contribution in [2.75, 3.05) is 25.0 Å². The van der Waals surface area contributed by atoms with Gasteiger partial charge < -0.3 is 9.80 Å². The number of anilines is 1. The first kappa shape index (κ1) is 18.2. The predicted molar refractivity (Wildman–Crippen MR) is 110 cm³/mol. The summed E-state index contributed by atoms with van der Waals surface area (Å²) in [6.45, 7) is 4.37. The molecule has 0 aliphatic carbocycles. The van der Waals surface area contributed by atoms with Gasteiger partial charge in [0.1, 0.15) is 5.82 Å². The minimum absolute atomic E-state index is 0.0721. The summed E-state index contributed by atoms with van der Waals surface area (Å²) in [4.78, 5) is 21.3. The number of hydrogen-bond acceptors (Lipinski definition) is 4. The van der Waals surface area contributed by atoms with Gasteiger partial charge in [-0.05, 0) is 49.6 Å². The third kappa shape index (κ3) is 3.76. The number of nitrogens with zero attached hydrogens (tertiary/aromatic N) is 5. The number of aryl methyl sites for hydroxylation is 1. The molecule has 0 unspecified atom stereocenters. The summed E-state index contributed by atoms with van der Waals surface area (Å²) in [5.41, 5.74) is 3.97. The molecular formula is C22H25N5O. The van der Waals surface area contributed by atoms with Gasteiger partial charge in [0.15, 0.2) is 0 Å². The normalized spacial score (nSPS) is 13.7. The first-order chi connectivity index (χ1) is 13.6. The molecule has 6 nitrogen and oxygen atoms in total. The Morgan fingerprint density at radius 3 is 2.79 bits per heavy atom. The van der Waals surface area contributed by atoms with E-state index in [4.69, 9.17) is 0 Å². The lowest BCUT2D eigenvalue weighted by Crippen LogP contribution is -2.30. The average Bonchev–Trinajstić information content (AvgIpc) is 3.40. The third-order valence-electron chi connectivity index (χ3n) is 5.09. The van der Waals surface area contributed by atoms with Gasteiger partial charge in [-0.25, -0.2) is 9.67 Å². The molecule has 0 spiro atoms. The second-order valence-corrected chi connectivity index (χ2v) is 7.36. The molecule has 6 heteroatoms. The molecule has 144 valence electrons. The number of carbonyl (C=O) groups is 1. The largest absolute Gasteiger partial charge is 0.355 e. The van der Waals surface area contributed by atoms with Crippen molar-refractivity contribution in [3.05, 3.63) is 71.7 Å². The van der Waals surface area contributed by atoms with Crippen LogP contribution >= 0.6 is 0 Å². The van der Waals surface area contributed by atoms with Crippen LogP contribution in [0, 0.1) is 6.92 Å². The summed E-state index contributed by atoms with van der Waals surface area (Å²) >= 11 is 0. The fraction of sp³-hybridized carbons (Fsp3) is 0.318. The van der Waals surface area contributed by atoms with Gasteiger partial charge in [-0.2, -0.15) is 5.10 Å². The van der Waals surface area contributed by atoms with E-state index >= 15 is 0 Å². The molecule has 1 fully saturated rings. The maximum Gasteiger partial charge on any atom is 0.257 e. The van der Waals surface area contributed by atoms with Crippen LogP contribution in [-0.2, 0) is 6.54 Å². The van der Waals surface area contributed by atoms with Crippen LogP contribution in [-0.4, -0.2) is 45.7 Å². The molecule has 1 aliphatic rings. The van der Waals surface area contributed by atoms with E-state index in [-0.39, 0.29) is 5.91 Å². The van der Waals surface area contributed by atoms with E-state index in [1.54, 1.807) is 6.20 Å². The van der Waals surface area contributed by atoms with E-state index in [1.807, 2.05) is 58.2 Å². The lowest BCUT2D eigenvalue weighted by molar-refractivity contribution is 0.0793. The van der Waals surface area contributed by atoms with Crippen molar-refractivity contribution in [2.24, 2.45) is 0 Å². The number of amides is 1. The molecule has 4 rings (SSSR count). The highest BCUT2D eigenvalue weighted by atomic mass is 16.2. The fourth-order valence-corrected chi connectivity index (χ4v) is 3.66. The molecular weight excluding hydrogens is 350 g/mol. The average molecular weight is 375 g/mol. The number of hydrogen-bond donors (Lipinski definition) is 0. The first-order valence-corrected chi connectivity index (χ1v) is 9.68. The third-order valence-corrected chi connectivity index (χ3v) is 5.09. The summed E-state index contributed by atoms with van der Waals surface area (Å²) in [5, 5.41) is 4.49. The van der Waals surface area contributed by atoms with Crippen LogP contribution in [0.4, 0.5) is 5.82 Å². The molecule has 3 aromatic rings. The van der Waals surface area contributed by atoms with E-state index in [2.05, 4.69) is 29.1 Å². The zero-order valence-corrected chi connectivity index (χ0v) is 16.4. The Hall–Kier alpha value is -3.15. The molecule has 0 radical (unpaired) electrons. The van der Waals surface area contributed by atoms with Crippen LogP contribution in [0.2, 0.25) is 0 Å². The molecule has 2 aromatic heterocycles. The van der Waals surface area contributed by atoms with Gasteiger partial charge in [-0.15, -0.1) is 0 Å². The first-order valence-electron chi connectivity index (χ1n) is 9.68. The van der Waals surface area contributed by atoms with Crippen molar-refractivity contribution in [1.82, 2.24) is 19.7 Å². The maximum atomic E-state index is 12.9. The lowest BCUT2D eigenvalue weighted by Gasteiger charge is -2.22. The van der Waals surface area contributed by atoms with Crippen molar-refractivity contribution in [2.45, 2.75) is 26.3 Å². The molecule has 0 saturated carbocycles. The van der Waals surface area contributed by atoms with Crippen LogP contribution in [0.15, 0.2) is 55.0 Å². The predicted octanol–water partition coefficient (Wildman–Crippen LogP) is 3.45. The summed E-state index contributed by atoms with van der Waals surface area (Å²) < 4.78 is 1.88. The Morgan fingerprint density at radius 1 is 1.18 bits per heavy atom. The number of pyridine rings is 1. The van der Waals surface area contributed by atoms with Gasteiger partial charge in [0, 0.05) is 44.6 Å². The number of carbonyl (C=O) groups excluding carboxylic acids is 1. The second kappa shape index (κ2) is 7.84. The SMILES string of the molecule is Cc1cccc(-n2cc(CN(C)c3ncccc3C(=O)N3CCCC3)cn2)c1. The fourth-order valence-electron chi connectivity index (χ4n) is 3.66. The molecule has 1 aliphatic heterocycles. The molecule has 1 amide bonds. The van der Waals surface area contributed by atoms with Gasteiger partial charge in [-0.1, -0.05) is 12.1 Å². The van der Waals surface area contributed by atoms with E-state index in [1.165, 1.54) is 5.56 Å². The van der Waals surface area contributed by atoms with Crippen LogP contribution < -0.4 is 4.90 Å². The maximum absolute atomic E-state index is 12.9. The number of benzene rings is 1. The Labute approximate surface area is 165 Å². The molecule has 0 bridgehead atoms. The molecule has 1 saturated heterocycles. The molecule has 3 heterocycles. The topological polar surface area (TPSA) is 54.3 Å². The van der Waals surface area contributed by atoms with Crippen LogP contribution in [0.1, 0.15) is 34.3 Å². The molecule has 0 N–H and O–H groups in total. The van der Waals surface area contributed by atoms with Crippen molar-refractivity contribution in [1.29, 1.82) is 0 Å². The summed E-state index contributed by atoms with van der Waals surface area (Å²) in [6.07, 6.45) is 7.79. The van der Waals surface area contributed by atoms with Crippen LogP contribution in [0.25, 0.3) is 5.69 Å².